The highest BCUT2D eigenvalue weighted by Crippen LogP contribution is 2.31. The number of carbonyl (C=O) groups is 3. The van der Waals surface area contributed by atoms with E-state index in [0.717, 1.165) is 31.7 Å². The first-order valence-corrected chi connectivity index (χ1v) is 16.0. The van der Waals surface area contributed by atoms with Crippen LogP contribution in [-0.4, -0.2) is 85.8 Å². The van der Waals surface area contributed by atoms with Crippen LogP contribution in [0.5, 0.6) is 5.75 Å². The molecule has 46 heavy (non-hydrogen) atoms. The maximum Gasteiger partial charge on any atom is 0.338 e. The highest BCUT2D eigenvalue weighted by molar-refractivity contribution is 9.10. The van der Waals surface area contributed by atoms with Crippen molar-refractivity contribution in [2.45, 2.75) is 19.9 Å². The van der Waals surface area contributed by atoms with Crippen molar-refractivity contribution in [2.24, 2.45) is 0 Å². The van der Waals surface area contributed by atoms with E-state index in [9.17, 15) is 14.4 Å². The monoisotopic (exact) mass is 710 g/mol. The van der Waals surface area contributed by atoms with Gasteiger partial charge in [0.25, 0.3) is 5.91 Å². The summed E-state index contributed by atoms with van der Waals surface area (Å²) < 4.78 is 18.5. The Labute approximate surface area is 281 Å². The SMILES string of the molecule is COc1ccc2c(c1)c(CC(=O)OCCOC(=O)c1cc(Br)c(N)c(CN3CCN(C)CC3)c1)c(C)n2C(=O)c1ccc(Cl)cc1. The van der Waals surface area contributed by atoms with E-state index in [1.165, 1.54) is 0 Å². The molecule has 242 valence electrons. The number of nitrogens with two attached hydrogens (primary N) is 1. The lowest BCUT2D eigenvalue weighted by Crippen LogP contribution is -2.44. The van der Waals surface area contributed by atoms with E-state index in [2.05, 4.69) is 32.8 Å². The van der Waals surface area contributed by atoms with Crippen molar-refractivity contribution in [2.75, 3.05) is 59.3 Å². The number of piperazine rings is 1. The highest BCUT2D eigenvalue weighted by Gasteiger charge is 2.23. The third-order valence-corrected chi connectivity index (χ3v) is 9.09. The fourth-order valence-electron chi connectivity index (χ4n) is 5.53. The van der Waals surface area contributed by atoms with Crippen LogP contribution in [0, 0.1) is 6.92 Å². The molecule has 1 aromatic heterocycles. The summed E-state index contributed by atoms with van der Waals surface area (Å²) in [6.45, 7) is 5.94. The number of hydrogen-bond acceptors (Lipinski definition) is 9. The topological polar surface area (TPSA) is 116 Å². The molecule has 0 saturated carbocycles. The quantitative estimate of drug-likeness (QED) is 0.132. The number of nitrogen functional groups attached to an aromatic ring is 1. The zero-order chi connectivity index (χ0) is 33.0. The third-order valence-electron chi connectivity index (χ3n) is 8.18. The Kier molecular flexibility index (Phi) is 10.7. The van der Waals surface area contributed by atoms with Gasteiger partial charge in [0.05, 0.1) is 30.3 Å². The molecule has 2 heterocycles. The summed E-state index contributed by atoms with van der Waals surface area (Å²) in [4.78, 5) is 44.0. The minimum Gasteiger partial charge on any atom is -0.497 e. The average molecular weight is 712 g/mol. The normalized spacial score (nSPS) is 13.9. The summed E-state index contributed by atoms with van der Waals surface area (Å²) in [6, 6.07) is 15.4. The predicted octanol–water partition coefficient (Wildman–Crippen LogP) is 5.34. The smallest absolute Gasteiger partial charge is 0.338 e. The van der Waals surface area contributed by atoms with Gasteiger partial charge < -0.3 is 24.8 Å². The third kappa shape index (κ3) is 7.55. The van der Waals surface area contributed by atoms with Crippen LogP contribution in [0.3, 0.4) is 0 Å². The van der Waals surface area contributed by atoms with Crippen LogP contribution < -0.4 is 10.5 Å². The number of halogens is 2. The van der Waals surface area contributed by atoms with Gasteiger partial charge in [0, 0.05) is 58.9 Å². The maximum absolute atomic E-state index is 13.5. The number of nitrogens with zero attached hydrogens (tertiary/aromatic N) is 3. The van der Waals surface area contributed by atoms with Gasteiger partial charge in [-0.05, 0) is 95.6 Å². The number of rotatable bonds is 10. The van der Waals surface area contributed by atoms with E-state index in [0.29, 0.717) is 60.8 Å². The molecule has 1 aliphatic heterocycles. The molecule has 0 aliphatic carbocycles. The second-order valence-electron chi connectivity index (χ2n) is 11.2. The zero-order valence-electron chi connectivity index (χ0n) is 26.0. The zero-order valence-corrected chi connectivity index (χ0v) is 28.3. The van der Waals surface area contributed by atoms with Gasteiger partial charge in [-0.2, -0.15) is 0 Å². The van der Waals surface area contributed by atoms with Crippen LogP contribution in [-0.2, 0) is 27.2 Å². The van der Waals surface area contributed by atoms with E-state index >= 15 is 0 Å². The number of hydrogen-bond donors (Lipinski definition) is 1. The Morgan fingerprint density at radius 3 is 2.33 bits per heavy atom. The van der Waals surface area contributed by atoms with Crippen molar-refractivity contribution in [3.05, 3.63) is 92.0 Å². The van der Waals surface area contributed by atoms with Crippen molar-refractivity contribution < 1.29 is 28.6 Å². The Morgan fingerprint density at radius 1 is 0.935 bits per heavy atom. The summed E-state index contributed by atoms with van der Waals surface area (Å²) in [5.41, 5.74) is 10.4. The van der Waals surface area contributed by atoms with Crippen molar-refractivity contribution in [3.63, 3.8) is 0 Å². The molecule has 0 spiro atoms. The van der Waals surface area contributed by atoms with Crippen molar-refractivity contribution >= 4 is 62.0 Å². The number of ether oxygens (including phenoxy) is 3. The molecule has 0 atom stereocenters. The first-order chi connectivity index (χ1) is 22.0. The number of carbonyl (C=O) groups excluding carboxylic acids is 3. The molecular weight excluding hydrogens is 676 g/mol. The van der Waals surface area contributed by atoms with Gasteiger partial charge in [0.2, 0.25) is 0 Å². The molecule has 0 amide bonds. The molecule has 5 rings (SSSR count). The lowest BCUT2D eigenvalue weighted by atomic mass is 10.1. The van der Waals surface area contributed by atoms with Crippen LogP contribution in [0.4, 0.5) is 5.69 Å². The van der Waals surface area contributed by atoms with Crippen LogP contribution in [0.1, 0.15) is 37.5 Å². The minimum absolute atomic E-state index is 0.0924. The van der Waals surface area contributed by atoms with E-state index in [4.69, 9.17) is 31.5 Å². The van der Waals surface area contributed by atoms with Crippen LogP contribution in [0.15, 0.2) is 59.1 Å². The maximum atomic E-state index is 13.5. The van der Waals surface area contributed by atoms with Crippen molar-refractivity contribution in [1.29, 1.82) is 0 Å². The number of likely N-dealkylation sites (N-methyl/N-ethyl adjacent to an activating group) is 1. The fourth-order valence-corrected chi connectivity index (χ4v) is 6.16. The number of fused-ring (bicyclic) bond motifs is 1. The van der Waals surface area contributed by atoms with Crippen LogP contribution in [0.25, 0.3) is 10.9 Å². The molecule has 1 aliphatic rings. The second-order valence-corrected chi connectivity index (χ2v) is 12.5. The first kappa shape index (κ1) is 33.5. The molecule has 1 saturated heterocycles. The highest BCUT2D eigenvalue weighted by atomic mass is 79.9. The number of methoxy groups -OCH3 is 1. The molecule has 3 aromatic carbocycles. The minimum atomic E-state index is -0.539. The summed E-state index contributed by atoms with van der Waals surface area (Å²) >= 11 is 9.48. The molecule has 12 heteroatoms. The number of esters is 2. The largest absolute Gasteiger partial charge is 0.497 e. The Morgan fingerprint density at radius 2 is 1.63 bits per heavy atom. The summed E-state index contributed by atoms with van der Waals surface area (Å²) in [5, 5.41) is 1.22. The molecule has 0 radical (unpaired) electrons. The molecular formula is C34H36BrClN4O6. The lowest BCUT2D eigenvalue weighted by molar-refractivity contribution is -0.143. The summed E-state index contributed by atoms with van der Waals surface area (Å²) in [7, 11) is 3.65. The van der Waals surface area contributed by atoms with Gasteiger partial charge in [0.1, 0.15) is 19.0 Å². The molecule has 1 fully saturated rings. The van der Waals surface area contributed by atoms with E-state index < -0.39 is 11.9 Å². The molecule has 2 N–H and O–H groups in total. The van der Waals surface area contributed by atoms with Crippen LogP contribution in [0.2, 0.25) is 5.02 Å². The van der Waals surface area contributed by atoms with Gasteiger partial charge in [-0.1, -0.05) is 11.6 Å². The standard InChI is InChI=1S/C34H36BrClN4O6/c1-21-27(28-18-26(44-3)8-9-30(28)40(21)33(42)22-4-6-25(36)7-5-22)19-31(41)45-14-15-46-34(43)23-16-24(32(37)29(35)17-23)20-39-12-10-38(2)11-13-39/h4-9,16-18H,10-15,19-20,37H2,1-3H3. The van der Waals surface area contributed by atoms with Gasteiger partial charge in [-0.15, -0.1) is 0 Å². The second kappa shape index (κ2) is 14.7. The number of aromatic nitrogens is 1. The Hall–Kier alpha value is -3.90. The summed E-state index contributed by atoms with van der Waals surface area (Å²) in [5.74, 6) is -0.726. The van der Waals surface area contributed by atoms with Crippen molar-refractivity contribution in [1.82, 2.24) is 14.4 Å². The van der Waals surface area contributed by atoms with E-state index in [-0.39, 0.29) is 25.5 Å². The summed E-state index contributed by atoms with van der Waals surface area (Å²) in [6.07, 6.45) is -0.0924. The number of benzene rings is 3. The van der Waals surface area contributed by atoms with Gasteiger partial charge in [-0.3, -0.25) is 19.1 Å². The molecule has 10 nitrogen and oxygen atoms in total. The average Bonchev–Trinajstić information content (AvgIpc) is 3.31. The van der Waals surface area contributed by atoms with Gasteiger partial charge in [0.15, 0.2) is 0 Å². The molecule has 4 aromatic rings. The number of anilines is 1. The lowest BCUT2D eigenvalue weighted by Gasteiger charge is -2.32. The van der Waals surface area contributed by atoms with E-state index in [1.807, 2.05) is 0 Å². The molecule has 0 unspecified atom stereocenters. The Bertz CT molecular complexity index is 1770. The van der Waals surface area contributed by atoms with E-state index in [1.54, 1.807) is 73.2 Å². The van der Waals surface area contributed by atoms with Gasteiger partial charge >= 0.3 is 11.9 Å². The first-order valence-electron chi connectivity index (χ1n) is 14.9. The Balaban J connectivity index is 1.22. The van der Waals surface area contributed by atoms with Gasteiger partial charge in [-0.25, -0.2) is 4.79 Å². The van der Waals surface area contributed by atoms with Crippen molar-refractivity contribution in [3.8, 4) is 5.75 Å². The predicted molar refractivity (Wildman–Crippen MR) is 181 cm³/mol. The molecule has 0 bridgehead atoms. The van der Waals surface area contributed by atoms with Crippen LogP contribution >= 0.6 is 27.5 Å². The fraction of sp³-hybridized carbons (Fsp3) is 0.324.